The normalized spacial score (nSPS) is 19.1. The van der Waals surface area contributed by atoms with Gasteiger partial charge in [-0.2, -0.15) is 0 Å². The molecule has 8 heavy (non-hydrogen) atoms. The minimum atomic E-state index is 0.382. The third-order valence-electron chi connectivity index (χ3n) is 1.72. The monoisotopic (exact) mass is 114 g/mol. The van der Waals surface area contributed by atoms with Gasteiger partial charge in [0.1, 0.15) is 0 Å². The van der Waals surface area contributed by atoms with Gasteiger partial charge in [-0.05, 0) is 12.3 Å². The Balaban J connectivity index is 1.74. The molecule has 1 fully saturated rings. The second-order valence-electron chi connectivity index (χ2n) is 2.66. The highest BCUT2D eigenvalue weighted by Gasteiger charge is 2.19. The third-order valence-corrected chi connectivity index (χ3v) is 1.72. The molecule has 0 saturated heterocycles. The maximum atomic E-state index is 8.40. The molecule has 1 saturated carbocycles. The highest BCUT2D eigenvalue weighted by Crippen LogP contribution is 2.33. The molecule has 0 spiro atoms. The molecule has 1 aliphatic rings. The molecule has 0 aromatic heterocycles. The van der Waals surface area contributed by atoms with E-state index in [2.05, 4.69) is 0 Å². The van der Waals surface area contributed by atoms with Crippen LogP contribution in [0.5, 0.6) is 0 Å². The Morgan fingerprint density at radius 3 is 2.50 bits per heavy atom. The molecule has 0 aliphatic heterocycles. The predicted octanol–water partition coefficient (Wildman–Crippen LogP) is 1.56. The summed E-state index contributed by atoms with van der Waals surface area (Å²) in [6.07, 6.45) is 6.51. The lowest BCUT2D eigenvalue weighted by Gasteiger charge is -1.92. The van der Waals surface area contributed by atoms with Gasteiger partial charge in [-0.3, -0.25) is 0 Å². The zero-order valence-electron chi connectivity index (χ0n) is 5.27. The fourth-order valence-electron chi connectivity index (χ4n) is 0.951. The lowest BCUT2D eigenvalue weighted by Crippen LogP contribution is -1.83. The predicted molar refractivity (Wildman–Crippen MR) is 33.7 cm³/mol. The molecule has 0 heterocycles. The van der Waals surface area contributed by atoms with Crippen molar-refractivity contribution >= 4 is 0 Å². The van der Waals surface area contributed by atoms with E-state index >= 15 is 0 Å². The Kier molecular flexibility index (Phi) is 2.34. The van der Waals surface area contributed by atoms with E-state index in [4.69, 9.17) is 5.11 Å². The van der Waals surface area contributed by atoms with E-state index in [1.54, 1.807) is 0 Å². The number of hydrogen-bond acceptors (Lipinski definition) is 1. The maximum absolute atomic E-state index is 8.40. The van der Waals surface area contributed by atoms with Gasteiger partial charge < -0.3 is 5.11 Å². The van der Waals surface area contributed by atoms with Crippen molar-refractivity contribution in [2.24, 2.45) is 5.92 Å². The second-order valence-corrected chi connectivity index (χ2v) is 2.66. The third kappa shape index (κ3) is 2.31. The highest BCUT2D eigenvalue weighted by atomic mass is 16.2. The Bertz CT molecular complexity index is 57.4. The number of rotatable bonds is 4. The summed E-state index contributed by atoms with van der Waals surface area (Å²) in [5.41, 5.74) is 0. The van der Waals surface area contributed by atoms with Crippen molar-refractivity contribution in [2.75, 3.05) is 6.61 Å². The topological polar surface area (TPSA) is 20.2 Å². The van der Waals surface area contributed by atoms with Gasteiger partial charge >= 0.3 is 0 Å². The number of hydrogen-bond donors (Lipinski definition) is 1. The van der Waals surface area contributed by atoms with Crippen LogP contribution in [0.4, 0.5) is 0 Å². The molecule has 48 valence electrons. The molecule has 0 radical (unpaired) electrons. The molecule has 0 aromatic carbocycles. The van der Waals surface area contributed by atoms with Gasteiger partial charge in [0.05, 0.1) is 0 Å². The van der Waals surface area contributed by atoms with Gasteiger partial charge in [0.25, 0.3) is 0 Å². The lowest BCUT2D eigenvalue weighted by molar-refractivity contribution is 0.282. The van der Waals surface area contributed by atoms with Gasteiger partial charge in [0.2, 0.25) is 0 Å². The Morgan fingerprint density at radius 2 is 2.00 bits per heavy atom. The minimum Gasteiger partial charge on any atom is -0.396 e. The Hall–Kier alpha value is -0.0400. The largest absolute Gasteiger partial charge is 0.396 e. The van der Waals surface area contributed by atoms with Crippen LogP contribution < -0.4 is 0 Å². The summed E-state index contributed by atoms with van der Waals surface area (Å²) in [6.45, 7) is 0.382. The molecule has 1 rings (SSSR count). The van der Waals surface area contributed by atoms with Crippen molar-refractivity contribution in [2.45, 2.75) is 32.1 Å². The summed E-state index contributed by atoms with van der Waals surface area (Å²) in [4.78, 5) is 0. The molecule has 0 amide bonds. The molecule has 0 atom stereocenters. The zero-order valence-corrected chi connectivity index (χ0v) is 5.27. The summed E-state index contributed by atoms with van der Waals surface area (Å²) in [5, 5.41) is 8.40. The average molecular weight is 114 g/mol. The van der Waals surface area contributed by atoms with E-state index in [1.165, 1.54) is 25.7 Å². The van der Waals surface area contributed by atoms with E-state index in [0.29, 0.717) is 6.61 Å². The first-order valence-electron chi connectivity index (χ1n) is 3.54. The van der Waals surface area contributed by atoms with Crippen molar-refractivity contribution in [3.63, 3.8) is 0 Å². The van der Waals surface area contributed by atoms with Gasteiger partial charge in [0, 0.05) is 6.61 Å². The van der Waals surface area contributed by atoms with E-state index in [9.17, 15) is 0 Å². The molecule has 1 nitrogen and oxygen atoms in total. The standard InChI is InChI=1S/C7H14O/c8-6-2-1-3-7-4-5-7/h7-8H,1-6H2. The van der Waals surface area contributed by atoms with Crippen molar-refractivity contribution in [3.05, 3.63) is 0 Å². The number of aliphatic hydroxyl groups excluding tert-OH is 1. The van der Waals surface area contributed by atoms with Crippen molar-refractivity contribution < 1.29 is 5.11 Å². The molecule has 1 heteroatoms. The summed E-state index contributed by atoms with van der Waals surface area (Å²) < 4.78 is 0. The molecule has 1 N–H and O–H groups in total. The number of aliphatic hydroxyl groups is 1. The summed E-state index contributed by atoms with van der Waals surface area (Å²) in [5.74, 6) is 1.04. The Labute approximate surface area is 50.7 Å². The first-order valence-corrected chi connectivity index (χ1v) is 3.54. The van der Waals surface area contributed by atoms with Crippen molar-refractivity contribution in [1.82, 2.24) is 0 Å². The smallest absolute Gasteiger partial charge is 0.0431 e. The Morgan fingerprint density at radius 1 is 1.25 bits per heavy atom. The summed E-state index contributed by atoms with van der Waals surface area (Å²) >= 11 is 0. The van der Waals surface area contributed by atoms with Crippen LogP contribution in [0, 0.1) is 5.92 Å². The van der Waals surface area contributed by atoms with E-state index < -0.39 is 0 Å². The van der Waals surface area contributed by atoms with Crippen LogP contribution in [0.2, 0.25) is 0 Å². The highest BCUT2D eigenvalue weighted by molar-refractivity contribution is 4.72. The van der Waals surface area contributed by atoms with Crippen molar-refractivity contribution in [3.8, 4) is 0 Å². The van der Waals surface area contributed by atoms with E-state index in [0.717, 1.165) is 12.3 Å². The van der Waals surface area contributed by atoms with Crippen LogP contribution in [0.25, 0.3) is 0 Å². The SMILES string of the molecule is OCCCCC1CC1. The van der Waals surface area contributed by atoms with Gasteiger partial charge in [-0.25, -0.2) is 0 Å². The fourth-order valence-corrected chi connectivity index (χ4v) is 0.951. The van der Waals surface area contributed by atoms with Crippen molar-refractivity contribution in [1.29, 1.82) is 0 Å². The summed E-state index contributed by atoms with van der Waals surface area (Å²) in [7, 11) is 0. The maximum Gasteiger partial charge on any atom is 0.0431 e. The van der Waals surface area contributed by atoms with Gasteiger partial charge in [-0.15, -0.1) is 0 Å². The quantitative estimate of drug-likeness (QED) is 0.550. The van der Waals surface area contributed by atoms with Crippen LogP contribution >= 0.6 is 0 Å². The minimum absolute atomic E-state index is 0.382. The number of unbranched alkanes of at least 4 members (excludes halogenated alkanes) is 1. The molecule has 0 aromatic rings. The molecule has 0 unspecified atom stereocenters. The average Bonchev–Trinajstić information content (AvgIpc) is 2.51. The molecule has 1 aliphatic carbocycles. The first-order chi connectivity index (χ1) is 3.93. The van der Waals surface area contributed by atoms with Gasteiger partial charge in [-0.1, -0.05) is 25.7 Å². The molecular weight excluding hydrogens is 100 g/mol. The fraction of sp³-hybridized carbons (Fsp3) is 1.00. The molecular formula is C7H14O. The second kappa shape index (κ2) is 3.08. The lowest BCUT2D eigenvalue weighted by atomic mass is 10.2. The van der Waals surface area contributed by atoms with Crippen LogP contribution in [0.1, 0.15) is 32.1 Å². The van der Waals surface area contributed by atoms with E-state index in [1.807, 2.05) is 0 Å². The summed E-state index contributed by atoms with van der Waals surface area (Å²) in [6, 6.07) is 0. The van der Waals surface area contributed by atoms with Crippen LogP contribution in [-0.4, -0.2) is 11.7 Å². The van der Waals surface area contributed by atoms with E-state index in [-0.39, 0.29) is 0 Å². The van der Waals surface area contributed by atoms with Crippen LogP contribution in [0.15, 0.2) is 0 Å². The first kappa shape index (κ1) is 6.09. The molecule has 0 bridgehead atoms. The van der Waals surface area contributed by atoms with Crippen LogP contribution in [0.3, 0.4) is 0 Å². The zero-order chi connectivity index (χ0) is 5.82. The van der Waals surface area contributed by atoms with Crippen LogP contribution in [-0.2, 0) is 0 Å². The van der Waals surface area contributed by atoms with Gasteiger partial charge in [0.15, 0.2) is 0 Å².